The van der Waals surface area contributed by atoms with E-state index in [9.17, 15) is 9.90 Å². The molecule has 0 aromatic carbocycles. The van der Waals surface area contributed by atoms with Crippen LogP contribution in [0.25, 0.3) is 0 Å². The summed E-state index contributed by atoms with van der Waals surface area (Å²) in [6, 6.07) is 3.77. The fourth-order valence-corrected chi connectivity index (χ4v) is 8.98. The van der Waals surface area contributed by atoms with Gasteiger partial charge in [-0.2, -0.15) is 10.4 Å². The van der Waals surface area contributed by atoms with E-state index in [4.69, 9.17) is 5.26 Å². The normalized spacial score (nSPS) is 40.1. The number of rotatable bonds is 8. The van der Waals surface area contributed by atoms with E-state index in [1.165, 1.54) is 51.4 Å². The summed E-state index contributed by atoms with van der Waals surface area (Å²) in [5, 5.41) is 22.9. The monoisotopic (exact) mass is 451 g/mol. The lowest BCUT2D eigenvalue weighted by atomic mass is 9.49. The molecule has 33 heavy (non-hydrogen) atoms. The van der Waals surface area contributed by atoms with Gasteiger partial charge in [0.2, 0.25) is 0 Å². The zero-order chi connectivity index (χ0) is 23.2. The number of fused-ring (bicyclic) bond motifs is 3. The number of hydrogen-bond acceptors (Lipinski definition) is 4. The van der Waals surface area contributed by atoms with Crippen molar-refractivity contribution in [2.24, 2.45) is 52.8 Å². The lowest BCUT2D eigenvalue weighted by Gasteiger charge is -2.56. The van der Waals surface area contributed by atoms with Gasteiger partial charge in [-0.05, 0) is 111 Å². The van der Waals surface area contributed by atoms with Crippen molar-refractivity contribution >= 4 is 5.78 Å². The summed E-state index contributed by atoms with van der Waals surface area (Å²) >= 11 is 0. The van der Waals surface area contributed by atoms with Crippen molar-refractivity contribution in [3.63, 3.8) is 0 Å². The molecule has 0 radical (unpaired) electrons. The smallest absolute Gasteiger partial charge is 0.162 e. The molecular formula is C28H41N3O2. The van der Waals surface area contributed by atoms with E-state index >= 15 is 0 Å². The molecule has 5 nitrogen and oxygen atoms in total. The molecule has 0 amide bonds. The molecule has 0 bridgehead atoms. The number of Topliss-reactive ketones (excluding diaryl/α,β-unsaturated/α-hetero) is 1. The van der Waals surface area contributed by atoms with E-state index in [1.807, 2.05) is 0 Å². The molecule has 1 aromatic rings. The number of aliphatic hydroxyl groups is 1. The predicted molar refractivity (Wildman–Crippen MR) is 127 cm³/mol. The van der Waals surface area contributed by atoms with Crippen LogP contribution in [0.3, 0.4) is 0 Å². The Hall–Kier alpha value is -1.67. The van der Waals surface area contributed by atoms with Crippen LogP contribution in [0.2, 0.25) is 0 Å². The van der Waals surface area contributed by atoms with Crippen molar-refractivity contribution in [3.05, 3.63) is 18.0 Å². The van der Waals surface area contributed by atoms with Gasteiger partial charge in [0.15, 0.2) is 11.5 Å². The first-order valence-electron chi connectivity index (χ1n) is 13.6. The third-order valence-electron chi connectivity index (χ3n) is 10.5. The summed E-state index contributed by atoms with van der Waals surface area (Å²) < 4.78 is 1.67. The van der Waals surface area contributed by atoms with Gasteiger partial charge in [0.1, 0.15) is 6.07 Å². The maximum atomic E-state index is 13.7. The molecular weight excluding hydrogens is 410 g/mol. The van der Waals surface area contributed by atoms with E-state index in [0.29, 0.717) is 36.5 Å². The number of aromatic nitrogens is 2. The molecule has 4 saturated carbocycles. The summed E-state index contributed by atoms with van der Waals surface area (Å²) in [7, 11) is 0. The van der Waals surface area contributed by atoms with Crippen LogP contribution in [0.1, 0.15) is 83.7 Å². The van der Waals surface area contributed by atoms with Gasteiger partial charge in [0.25, 0.3) is 0 Å². The highest BCUT2D eigenvalue weighted by Gasteiger charge is 2.63. The highest BCUT2D eigenvalue weighted by atomic mass is 16.2. The molecule has 1 unspecified atom stereocenters. The first-order valence-corrected chi connectivity index (χ1v) is 13.6. The Morgan fingerprint density at radius 1 is 1.24 bits per heavy atom. The number of nitriles is 1. The zero-order valence-electron chi connectivity index (χ0n) is 20.5. The molecule has 180 valence electrons. The highest BCUT2D eigenvalue weighted by Crippen LogP contribution is 2.68. The second-order valence-electron chi connectivity index (χ2n) is 11.9. The van der Waals surface area contributed by atoms with Crippen LogP contribution >= 0.6 is 0 Å². The van der Waals surface area contributed by atoms with E-state index in [2.05, 4.69) is 25.0 Å². The minimum Gasteiger partial charge on any atom is -0.396 e. The second kappa shape index (κ2) is 9.17. The predicted octanol–water partition coefficient (Wildman–Crippen LogP) is 5.23. The Balaban J connectivity index is 1.40. The summed E-state index contributed by atoms with van der Waals surface area (Å²) in [5.74, 6) is 5.80. The second-order valence-corrected chi connectivity index (χ2v) is 11.9. The SMILES string of the molecule is CC[C@H]1CC[C@@H]2[C@H](CC[C@]3(C)[C@@H](C(=O)Cn4ccc(C#N)n4)CC(C4CC4)[C@@H]23)[C@H]1CCCO. The van der Waals surface area contributed by atoms with Gasteiger partial charge in [-0.25, -0.2) is 0 Å². The van der Waals surface area contributed by atoms with Crippen LogP contribution in [-0.2, 0) is 11.3 Å². The van der Waals surface area contributed by atoms with E-state index in [0.717, 1.165) is 42.4 Å². The van der Waals surface area contributed by atoms with Crippen molar-refractivity contribution in [1.82, 2.24) is 9.78 Å². The van der Waals surface area contributed by atoms with E-state index < -0.39 is 0 Å². The van der Waals surface area contributed by atoms with Crippen LogP contribution in [0.15, 0.2) is 12.3 Å². The summed E-state index contributed by atoms with van der Waals surface area (Å²) in [6.07, 6.45) is 14.0. The van der Waals surface area contributed by atoms with Gasteiger partial charge >= 0.3 is 0 Å². The average Bonchev–Trinajstić information content (AvgIpc) is 3.48. The minimum absolute atomic E-state index is 0.108. The number of carbonyl (C=O) groups is 1. The van der Waals surface area contributed by atoms with Crippen molar-refractivity contribution in [1.29, 1.82) is 5.26 Å². The van der Waals surface area contributed by atoms with Gasteiger partial charge in [-0.15, -0.1) is 0 Å². The van der Waals surface area contributed by atoms with Crippen LogP contribution in [0.4, 0.5) is 0 Å². The molecule has 4 fully saturated rings. The fourth-order valence-electron chi connectivity index (χ4n) is 8.98. The van der Waals surface area contributed by atoms with Gasteiger partial charge < -0.3 is 5.11 Å². The zero-order valence-corrected chi connectivity index (χ0v) is 20.5. The average molecular weight is 452 g/mol. The Kier molecular flexibility index (Phi) is 6.42. The number of ketones is 1. The van der Waals surface area contributed by atoms with E-state index in [1.54, 1.807) is 16.9 Å². The Morgan fingerprint density at radius 3 is 2.73 bits per heavy atom. The standard InChI is InChI=1S/C28H41N3O2/c1-3-18-8-9-23-22(21(18)5-4-14-32)10-12-28(2)25(15-24(27(23)28)19-6-7-19)26(33)17-31-13-11-20(16-29)30-31/h11,13,18-19,21-25,27,32H,3-10,12,14-15,17H2,1-2H3/t18-,21-,22+,23+,24?,25+,27+,28+/m0/s1. The van der Waals surface area contributed by atoms with Crippen LogP contribution < -0.4 is 0 Å². The fraction of sp³-hybridized carbons (Fsp3) is 0.821. The number of aliphatic hydroxyl groups excluding tert-OH is 1. The Bertz CT molecular complexity index is 899. The lowest BCUT2D eigenvalue weighted by molar-refractivity contribution is -0.131. The largest absolute Gasteiger partial charge is 0.396 e. The molecule has 0 spiro atoms. The third-order valence-corrected chi connectivity index (χ3v) is 10.5. The van der Waals surface area contributed by atoms with Crippen LogP contribution in [0.5, 0.6) is 0 Å². The Morgan fingerprint density at radius 2 is 2.06 bits per heavy atom. The maximum absolute atomic E-state index is 13.7. The molecule has 1 heterocycles. The first kappa shape index (κ1) is 23.1. The number of nitrogens with zero attached hydrogens (tertiary/aromatic N) is 3. The molecule has 1 N–H and O–H groups in total. The van der Waals surface area contributed by atoms with Gasteiger partial charge in [0, 0.05) is 18.7 Å². The molecule has 1 aromatic heterocycles. The molecule has 0 aliphatic heterocycles. The third kappa shape index (κ3) is 4.07. The summed E-state index contributed by atoms with van der Waals surface area (Å²) in [4.78, 5) is 13.7. The van der Waals surface area contributed by atoms with Crippen LogP contribution in [-0.4, -0.2) is 27.3 Å². The Labute approximate surface area is 198 Å². The van der Waals surface area contributed by atoms with Crippen molar-refractivity contribution < 1.29 is 9.90 Å². The lowest BCUT2D eigenvalue weighted by Crippen LogP contribution is -2.50. The molecule has 4 aliphatic carbocycles. The van der Waals surface area contributed by atoms with Crippen LogP contribution in [0, 0.1) is 64.1 Å². The molecule has 8 atom stereocenters. The van der Waals surface area contributed by atoms with Crippen molar-refractivity contribution in [2.75, 3.05) is 6.61 Å². The summed E-state index contributed by atoms with van der Waals surface area (Å²) in [5.41, 5.74) is 0.494. The highest BCUT2D eigenvalue weighted by molar-refractivity contribution is 5.82. The van der Waals surface area contributed by atoms with E-state index in [-0.39, 0.29) is 11.3 Å². The van der Waals surface area contributed by atoms with Gasteiger partial charge in [0.05, 0.1) is 6.54 Å². The van der Waals surface area contributed by atoms with Gasteiger partial charge in [-0.3, -0.25) is 9.48 Å². The number of hydrogen-bond donors (Lipinski definition) is 1. The van der Waals surface area contributed by atoms with Gasteiger partial charge in [-0.1, -0.05) is 20.3 Å². The molecule has 4 aliphatic rings. The number of carbonyl (C=O) groups excluding carboxylic acids is 1. The molecule has 5 heteroatoms. The molecule has 0 saturated heterocycles. The van der Waals surface area contributed by atoms with Crippen molar-refractivity contribution in [2.45, 2.75) is 84.6 Å². The first-order chi connectivity index (χ1) is 16.0. The maximum Gasteiger partial charge on any atom is 0.162 e. The molecule has 5 rings (SSSR count). The quantitative estimate of drug-likeness (QED) is 0.587. The minimum atomic E-state index is 0.108. The summed E-state index contributed by atoms with van der Waals surface area (Å²) in [6.45, 7) is 5.43. The topological polar surface area (TPSA) is 78.9 Å². The van der Waals surface area contributed by atoms with Crippen molar-refractivity contribution in [3.8, 4) is 6.07 Å².